The summed E-state index contributed by atoms with van der Waals surface area (Å²) in [6, 6.07) is 0. The summed E-state index contributed by atoms with van der Waals surface area (Å²) in [7, 11) is 0. The summed E-state index contributed by atoms with van der Waals surface area (Å²) in [5.74, 6) is 0.637. The van der Waals surface area contributed by atoms with Crippen LogP contribution >= 0.6 is 0 Å². The predicted octanol–water partition coefficient (Wildman–Crippen LogP) is 4.79. The molecule has 0 aliphatic heterocycles. The molecule has 1 heteroatoms. The minimum absolute atomic E-state index is 0.637. The van der Waals surface area contributed by atoms with E-state index in [1.807, 2.05) is 0 Å². The van der Waals surface area contributed by atoms with Crippen molar-refractivity contribution in [2.45, 2.75) is 66.7 Å². The fourth-order valence-corrected chi connectivity index (χ4v) is 1.98. The third kappa shape index (κ3) is 5.99. The Morgan fingerprint density at radius 1 is 1.19 bits per heavy atom. The number of rotatable bonds is 7. The molecule has 0 aromatic rings. The van der Waals surface area contributed by atoms with Gasteiger partial charge in [0.25, 0.3) is 0 Å². The van der Waals surface area contributed by atoms with Crippen LogP contribution in [-0.4, -0.2) is 0 Å². The first kappa shape index (κ1) is 15.3. The van der Waals surface area contributed by atoms with E-state index in [9.17, 15) is 0 Å². The van der Waals surface area contributed by atoms with E-state index in [4.69, 9.17) is 5.73 Å². The monoisotopic (exact) mass is 223 g/mol. The molecular weight excluding hydrogens is 194 g/mol. The molecule has 2 N–H and O–H groups in total. The molecule has 0 bridgehead atoms. The molecule has 16 heavy (non-hydrogen) atoms. The molecule has 0 saturated carbocycles. The first-order valence-electron chi connectivity index (χ1n) is 6.68. The van der Waals surface area contributed by atoms with Crippen molar-refractivity contribution in [2.75, 3.05) is 0 Å². The van der Waals surface area contributed by atoms with Gasteiger partial charge in [0.1, 0.15) is 0 Å². The molecule has 0 aliphatic carbocycles. The predicted molar refractivity (Wildman–Crippen MR) is 74.2 cm³/mol. The van der Waals surface area contributed by atoms with Crippen molar-refractivity contribution < 1.29 is 0 Å². The van der Waals surface area contributed by atoms with Crippen LogP contribution in [0.15, 0.2) is 22.9 Å². The second kappa shape index (κ2) is 8.43. The van der Waals surface area contributed by atoms with E-state index in [-0.39, 0.29) is 0 Å². The lowest BCUT2D eigenvalue weighted by atomic mass is 9.92. The standard InChI is InChI=1S/C15H29N/c1-6-8-9-10-15(12(3)4)13(5)11-14(16)7-2/h11-12H,6-10,16H2,1-5H3/b14-11+,15-13+. The minimum Gasteiger partial charge on any atom is -0.402 e. The van der Waals surface area contributed by atoms with Gasteiger partial charge in [-0.15, -0.1) is 0 Å². The molecule has 0 heterocycles. The Labute approximate surface area is 102 Å². The summed E-state index contributed by atoms with van der Waals surface area (Å²) in [5, 5.41) is 0. The summed E-state index contributed by atoms with van der Waals surface area (Å²) in [5.41, 5.74) is 9.84. The zero-order chi connectivity index (χ0) is 12.6. The first-order valence-corrected chi connectivity index (χ1v) is 6.68. The maximum Gasteiger partial charge on any atom is 0.00803 e. The summed E-state index contributed by atoms with van der Waals surface area (Å²) < 4.78 is 0. The molecule has 0 radical (unpaired) electrons. The maximum atomic E-state index is 5.89. The number of unbranched alkanes of at least 4 members (excludes halogenated alkanes) is 2. The molecule has 0 fully saturated rings. The van der Waals surface area contributed by atoms with E-state index in [0.717, 1.165) is 12.1 Å². The summed E-state index contributed by atoms with van der Waals surface area (Å²) in [6.45, 7) is 11.1. The Balaban J connectivity index is 4.65. The molecule has 0 saturated heterocycles. The number of nitrogens with two attached hydrogens (primary N) is 1. The Morgan fingerprint density at radius 2 is 1.81 bits per heavy atom. The van der Waals surface area contributed by atoms with Crippen LogP contribution in [0.2, 0.25) is 0 Å². The molecule has 0 aliphatic rings. The Morgan fingerprint density at radius 3 is 2.25 bits per heavy atom. The molecule has 1 nitrogen and oxygen atoms in total. The van der Waals surface area contributed by atoms with E-state index in [2.05, 4.69) is 40.7 Å². The van der Waals surface area contributed by atoms with Gasteiger partial charge in [0.15, 0.2) is 0 Å². The fraction of sp³-hybridized carbons (Fsp3) is 0.733. The quantitative estimate of drug-likeness (QED) is 0.487. The highest BCUT2D eigenvalue weighted by molar-refractivity contribution is 5.27. The van der Waals surface area contributed by atoms with Crippen LogP contribution in [0.5, 0.6) is 0 Å². The lowest BCUT2D eigenvalue weighted by Gasteiger charge is -2.14. The summed E-state index contributed by atoms with van der Waals surface area (Å²) in [4.78, 5) is 0. The van der Waals surface area contributed by atoms with Gasteiger partial charge in [-0.05, 0) is 43.8 Å². The molecule has 94 valence electrons. The third-order valence-electron chi connectivity index (χ3n) is 3.06. The van der Waals surface area contributed by atoms with Crippen LogP contribution in [0, 0.1) is 5.92 Å². The molecular formula is C15H29N. The maximum absolute atomic E-state index is 5.89. The molecule has 0 aromatic carbocycles. The zero-order valence-electron chi connectivity index (χ0n) is 11.8. The lowest BCUT2D eigenvalue weighted by molar-refractivity contribution is 0.642. The summed E-state index contributed by atoms with van der Waals surface area (Å²) in [6.07, 6.45) is 8.25. The van der Waals surface area contributed by atoms with Crippen LogP contribution in [-0.2, 0) is 0 Å². The molecule has 0 spiro atoms. The van der Waals surface area contributed by atoms with Crippen molar-refractivity contribution in [3.8, 4) is 0 Å². The van der Waals surface area contributed by atoms with Crippen LogP contribution in [0.4, 0.5) is 0 Å². The molecule has 0 atom stereocenters. The first-order chi connectivity index (χ1) is 7.52. The van der Waals surface area contributed by atoms with Gasteiger partial charge in [-0.1, -0.05) is 46.1 Å². The minimum atomic E-state index is 0.637. The van der Waals surface area contributed by atoms with E-state index < -0.39 is 0 Å². The van der Waals surface area contributed by atoms with Crippen molar-refractivity contribution in [1.82, 2.24) is 0 Å². The molecule has 0 aromatic heterocycles. The second-order valence-corrected chi connectivity index (χ2v) is 4.89. The van der Waals surface area contributed by atoms with Crippen LogP contribution in [0.3, 0.4) is 0 Å². The highest BCUT2D eigenvalue weighted by Gasteiger charge is 2.06. The van der Waals surface area contributed by atoms with Gasteiger partial charge in [0, 0.05) is 5.70 Å². The van der Waals surface area contributed by atoms with Crippen molar-refractivity contribution in [2.24, 2.45) is 11.7 Å². The Hall–Kier alpha value is -0.720. The van der Waals surface area contributed by atoms with Gasteiger partial charge < -0.3 is 5.73 Å². The smallest absolute Gasteiger partial charge is 0.00803 e. The lowest BCUT2D eigenvalue weighted by Crippen LogP contribution is -2.00. The molecule has 0 amide bonds. The van der Waals surface area contributed by atoms with E-state index in [1.165, 1.54) is 31.3 Å². The van der Waals surface area contributed by atoms with Gasteiger partial charge >= 0.3 is 0 Å². The van der Waals surface area contributed by atoms with Crippen molar-refractivity contribution in [3.63, 3.8) is 0 Å². The van der Waals surface area contributed by atoms with Crippen molar-refractivity contribution in [1.29, 1.82) is 0 Å². The number of hydrogen-bond acceptors (Lipinski definition) is 1. The Bertz CT molecular complexity index is 246. The molecule has 0 unspecified atom stereocenters. The second-order valence-electron chi connectivity index (χ2n) is 4.89. The average molecular weight is 223 g/mol. The highest BCUT2D eigenvalue weighted by Crippen LogP contribution is 2.22. The van der Waals surface area contributed by atoms with Gasteiger partial charge in [-0.3, -0.25) is 0 Å². The van der Waals surface area contributed by atoms with E-state index in [0.29, 0.717) is 5.92 Å². The topological polar surface area (TPSA) is 26.0 Å². The average Bonchev–Trinajstić information content (AvgIpc) is 2.23. The van der Waals surface area contributed by atoms with Crippen LogP contribution in [0.1, 0.15) is 66.7 Å². The van der Waals surface area contributed by atoms with Crippen molar-refractivity contribution >= 4 is 0 Å². The van der Waals surface area contributed by atoms with Gasteiger partial charge in [-0.2, -0.15) is 0 Å². The van der Waals surface area contributed by atoms with Gasteiger partial charge in [0.05, 0.1) is 0 Å². The van der Waals surface area contributed by atoms with Crippen LogP contribution in [0.25, 0.3) is 0 Å². The summed E-state index contributed by atoms with van der Waals surface area (Å²) >= 11 is 0. The number of hydrogen-bond donors (Lipinski definition) is 1. The highest BCUT2D eigenvalue weighted by atomic mass is 14.6. The van der Waals surface area contributed by atoms with Gasteiger partial charge in [0.2, 0.25) is 0 Å². The normalized spacial score (nSPS) is 14.2. The van der Waals surface area contributed by atoms with Gasteiger partial charge in [-0.25, -0.2) is 0 Å². The van der Waals surface area contributed by atoms with E-state index >= 15 is 0 Å². The Kier molecular flexibility index (Phi) is 8.05. The zero-order valence-corrected chi connectivity index (χ0v) is 11.8. The van der Waals surface area contributed by atoms with E-state index in [1.54, 1.807) is 5.57 Å². The van der Waals surface area contributed by atoms with Crippen LogP contribution < -0.4 is 5.73 Å². The number of allylic oxidation sites excluding steroid dienone is 4. The SMILES string of the molecule is CCCCC/C(=C(C)\C=C(\N)CC)C(C)C. The molecule has 0 rings (SSSR count). The third-order valence-corrected chi connectivity index (χ3v) is 3.06. The largest absolute Gasteiger partial charge is 0.402 e. The van der Waals surface area contributed by atoms with Crippen molar-refractivity contribution in [3.05, 3.63) is 22.9 Å². The fourth-order valence-electron chi connectivity index (χ4n) is 1.98.